The lowest BCUT2D eigenvalue weighted by molar-refractivity contribution is 0.390. The van der Waals surface area contributed by atoms with E-state index < -0.39 is 10.0 Å². The minimum atomic E-state index is -3.42. The summed E-state index contributed by atoms with van der Waals surface area (Å²) < 4.78 is 27.3. The minimum absolute atomic E-state index is 0.200. The molecule has 1 saturated heterocycles. The van der Waals surface area contributed by atoms with E-state index in [-0.39, 0.29) is 6.04 Å². The van der Waals surface area contributed by atoms with Gasteiger partial charge in [-0.15, -0.1) is 11.3 Å². The van der Waals surface area contributed by atoms with Gasteiger partial charge in [0.05, 0.1) is 23.6 Å². The fraction of sp³-hybridized carbons (Fsp3) is 0.385. The van der Waals surface area contributed by atoms with Crippen LogP contribution in [-0.4, -0.2) is 29.2 Å². The van der Waals surface area contributed by atoms with E-state index in [1.807, 2.05) is 6.92 Å². The Labute approximate surface area is 122 Å². The van der Waals surface area contributed by atoms with Gasteiger partial charge in [-0.25, -0.2) is 8.42 Å². The molecule has 0 bridgehead atoms. The standard InChI is InChI=1S/C13H15N3O2S2/c1-10-8-14-9-11(15-10)12-4-2-6-16(12)20(17,18)13-5-3-7-19-13/h3,5,7-9,12H,2,4,6H2,1H3. The van der Waals surface area contributed by atoms with Gasteiger partial charge >= 0.3 is 0 Å². The first-order valence-electron chi connectivity index (χ1n) is 6.43. The molecule has 2 aromatic rings. The van der Waals surface area contributed by atoms with Gasteiger partial charge in [-0.2, -0.15) is 4.31 Å². The third-order valence-electron chi connectivity index (χ3n) is 3.38. The SMILES string of the molecule is Cc1cncc(C2CCCN2S(=O)(=O)c2cccs2)n1. The fourth-order valence-corrected chi connectivity index (χ4v) is 5.28. The first kappa shape index (κ1) is 13.7. The highest BCUT2D eigenvalue weighted by atomic mass is 32.2. The summed E-state index contributed by atoms with van der Waals surface area (Å²) in [7, 11) is -3.42. The van der Waals surface area contributed by atoms with Crippen molar-refractivity contribution in [2.45, 2.75) is 30.0 Å². The van der Waals surface area contributed by atoms with Crippen molar-refractivity contribution < 1.29 is 8.42 Å². The second-order valence-electron chi connectivity index (χ2n) is 4.79. The summed E-state index contributed by atoms with van der Waals surface area (Å²) in [4.78, 5) is 8.56. The van der Waals surface area contributed by atoms with Crippen LogP contribution in [0.5, 0.6) is 0 Å². The minimum Gasteiger partial charge on any atom is -0.261 e. The van der Waals surface area contributed by atoms with E-state index in [1.54, 1.807) is 34.2 Å². The summed E-state index contributed by atoms with van der Waals surface area (Å²) in [5.74, 6) is 0. The molecule has 0 spiro atoms. The Kier molecular flexibility index (Phi) is 3.57. The van der Waals surface area contributed by atoms with Crippen LogP contribution in [-0.2, 0) is 10.0 Å². The molecule has 1 aliphatic rings. The Balaban J connectivity index is 1.98. The Morgan fingerprint density at radius 1 is 1.40 bits per heavy atom. The van der Waals surface area contributed by atoms with Crippen LogP contribution >= 0.6 is 11.3 Å². The highest BCUT2D eigenvalue weighted by molar-refractivity contribution is 7.91. The van der Waals surface area contributed by atoms with Crippen LogP contribution in [0.25, 0.3) is 0 Å². The van der Waals surface area contributed by atoms with Crippen molar-refractivity contribution in [1.29, 1.82) is 0 Å². The maximum atomic E-state index is 12.7. The number of aromatic nitrogens is 2. The largest absolute Gasteiger partial charge is 0.261 e. The quantitative estimate of drug-likeness (QED) is 0.873. The van der Waals surface area contributed by atoms with E-state index in [1.165, 1.54) is 11.3 Å². The molecule has 3 rings (SSSR count). The van der Waals surface area contributed by atoms with Crippen LogP contribution in [0.2, 0.25) is 0 Å². The molecule has 0 amide bonds. The molecule has 7 heteroatoms. The topological polar surface area (TPSA) is 63.2 Å². The van der Waals surface area contributed by atoms with Crippen LogP contribution in [0.4, 0.5) is 0 Å². The molecule has 0 saturated carbocycles. The predicted octanol–water partition coefficient (Wildman–Crippen LogP) is 2.37. The highest BCUT2D eigenvalue weighted by Crippen LogP contribution is 2.36. The van der Waals surface area contributed by atoms with E-state index in [0.29, 0.717) is 10.8 Å². The van der Waals surface area contributed by atoms with Crippen LogP contribution in [0.15, 0.2) is 34.1 Å². The molecular formula is C13H15N3O2S2. The molecule has 1 atom stereocenters. The molecule has 20 heavy (non-hydrogen) atoms. The third-order valence-corrected chi connectivity index (χ3v) is 6.66. The lowest BCUT2D eigenvalue weighted by atomic mass is 10.2. The average molecular weight is 309 g/mol. The lowest BCUT2D eigenvalue weighted by Gasteiger charge is -2.22. The molecule has 1 fully saturated rings. The molecule has 2 aromatic heterocycles. The fourth-order valence-electron chi connectivity index (χ4n) is 2.49. The van der Waals surface area contributed by atoms with Gasteiger partial charge in [-0.05, 0) is 31.2 Å². The van der Waals surface area contributed by atoms with Crippen LogP contribution in [0.1, 0.15) is 30.3 Å². The van der Waals surface area contributed by atoms with Crippen molar-refractivity contribution in [1.82, 2.24) is 14.3 Å². The number of thiophene rings is 1. The van der Waals surface area contributed by atoms with E-state index in [9.17, 15) is 8.42 Å². The average Bonchev–Trinajstić information content (AvgIpc) is 3.11. The molecule has 1 aliphatic heterocycles. The van der Waals surface area contributed by atoms with E-state index >= 15 is 0 Å². The second kappa shape index (κ2) is 5.23. The summed E-state index contributed by atoms with van der Waals surface area (Å²) in [5.41, 5.74) is 1.55. The van der Waals surface area contributed by atoms with Gasteiger partial charge in [-0.3, -0.25) is 9.97 Å². The van der Waals surface area contributed by atoms with E-state index in [0.717, 1.165) is 24.2 Å². The molecule has 0 N–H and O–H groups in total. The summed E-state index contributed by atoms with van der Waals surface area (Å²) in [6.45, 7) is 2.41. The monoisotopic (exact) mass is 309 g/mol. The van der Waals surface area contributed by atoms with Gasteiger partial charge in [0.2, 0.25) is 0 Å². The number of aryl methyl sites for hydroxylation is 1. The Hall–Kier alpha value is -1.31. The zero-order chi connectivity index (χ0) is 14.2. The zero-order valence-electron chi connectivity index (χ0n) is 11.1. The van der Waals surface area contributed by atoms with Crippen molar-refractivity contribution in [3.8, 4) is 0 Å². The van der Waals surface area contributed by atoms with Crippen molar-refractivity contribution >= 4 is 21.4 Å². The number of sulfonamides is 1. The number of nitrogens with zero attached hydrogens (tertiary/aromatic N) is 3. The molecule has 0 aliphatic carbocycles. The Morgan fingerprint density at radius 2 is 2.25 bits per heavy atom. The van der Waals surface area contributed by atoms with Gasteiger partial charge in [0.25, 0.3) is 10.0 Å². The number of hydrogen-bond donors (Lipinski definition) is 0. The first-order valence-corrected chi connectivity index (χ1v) is 8.75. The van der Waals surface area contributed by atoms with E-state index in [2.05, 4.69) is 9.97 Å². The molecule has 0 radical (unpaired) electrons. The molecule has 3 heterocycles. The van der Waals surface area contributed by atoms with Crippen molar-refractivity contribution in [2.75, 3.05) is 6.54 Å². The predicted molar refractivity (Wildman–Crippen MR) is 77.0 cm³/mol. The summed E-state index contributed by atoms with van der Waals surface area (Å²) in [5, 5.41) is 1.78. The van der Waals surface area contributed by atoms with Gasteiger partial charge in [-0.1, -0.05) is 6.07 Å². The van der Waals surface area contributed by atoms with Crippen molar-refractivity contribution in [3.05, 3.63) is 41.3 Å². The number of hydrogen-bond acceptors (Lipinski definition) is 5. The van der Waals surface area contributed by atoms with Gasteiger partial charge in [0.1, 0.15) is 4.21 Å². The molecule has 1 unspecified atom stereocenters. The Morgan fingerprint density at radius 3 is 2.95 bits per heavy atom. The third kappa shape index (κ3) is 2.36. The maximum absolute atomic E-state index is 12.7. The van der Waals surface area contributed by atoms with Crippen LogP contribution < -0.4 is 0 Å². The van der Waals surface area contributed by atoms with E-state index in [4.69, 9.17) is 0 Å². The molecule has 0 aromatic carbocycles. The normalized spacial score (nSPS) is 20.4. The molecule has 106 valence electrons. The Bertz CT molecular complexity index is 698. The maximum Gasteiger partial charge on any atom is 0.253 e. The summed E-state index contributed by atoms with van der Waals surface area (Å²) >= 11 is 1.25. The highest BCUT2D eigenvalue weighted by Gasteiger charge is 2.37. The molecule has 5 nitrogen and oxygen atoms in total. The van der Waals surface area contributed by atoms with Crippen molar-refractivity contribution in [2.24, 2.45) is 0 Å². The van der Waals surface area contributed by atoms with Gasteiger partial charge < -0.3 is 0 Å². The van der Waals surface area contributed by atoms with Crippen molar-refractivity contribution in [3.63, 3.8) is 0 Å². The summed E-state index contributed by atoms with van der Waals surface area (Å²) in [6.07, 6.45) is 4.99. The van der Waals surface area contributed by atoms with Gasteiger partial charge in [0, 0.05) is 12.7 Å². The lowest BCUT2D eigenvalue weighted by Crippen LogP contribution is -2.30. The van der Waals surface area contributed by atoms with Crippen LogP contribution in [0.3, 0.4) is 0 Å². The smallest absolute Gasteiger partial charge is 0.253 e. The second-order valence-corrected chi connectivity index (χ2v) is 7.86. The first-order chi connectivity index (χ1) is 9.59. The molecular weight excluding hydrogens is 294 g/mol. The zero-order valence-corrected chi connectivity index (χ0v) is 12.7. The van der Waals surface area contributed by atoms with Crippen LogP contribution in [0, 0.1) is 6.92 Å². The van der Waals surface area contributed by atoms with Gasteiger partial charge in [0.15, 0.2) is 0 Å². The summed E-state index contributed by atoms with van der Waals surface area (Å²) in [6, 6.07) is 3.21. The number of rotatable bonds is 3.